The lowest BCUT2D eigenvalue weighted by Gasteiger charge is -2.20. The van der Waals surface area contributed by atoms with Crippen LogP contribution in [0.15, 0.2) is 53.3 Å². The second-order valence-electron chi connectivity index (χ2n) is 6.06. The number of nitrogens with two attached hydrogens (primary N) is 1. The molecule has 3 amide bonds. The van der Waals surface area contributed by atoms with E-state index in [1.807, 2.05) is 6.07 Å². The first-order valence-corrected chi connectivity index (χ1v) is 9.47. The van der Waals surface area contributed by atoms with Gasteiger partial charge in [-0.25, -0.2) is 9.78 Å². The number of aliphatic hydroxyl groups is 1. The molecule has 2 atom stereocenters. The van der Waals surface area contributed by atoms with E-state index in [-0.39, 0.29) is 13.0 Å². The lowest BCUT2D eigenvalue weighted by atomic mass is 10.1. The zero-order valence-corrected chi connectivity index (χ0v) is 17.0. The minimum Gasteiger partial charge on any atom is -0.445 e. The average molecular weight is 465 g/mol. The number of nitrogens with one attached hydrogen (secondary N) is 2. The van der Waals surface area contributed by atoms with Crippen molar-refractivity contribution in [2.45, 2.75) is 25.1 Å². The molecule has 0 aliphatic heterocycles. The van der Waals surface area contributed by atoms with Crippen LogP contribution in [0.4, 0.5) is 4.79 Å². The Kier molecular flexibility index (Phi) is 8.56. The Hall–Kier alpha value is -2.98. The molecule has 0 saturated heterocycles. The summed E-state index contributed by atoms with van der Waals surface area (Å²) in [7, 11) is 0. The van der Waals surface area contributed by atoms with Crippen molar-refractivity contribution >= 4 is 33.8 Å². The SMILES string of the molecule is NC(=O)[C@@H](Cc1cccnc1Br)NC(=O)[C@H](CO)NC(=O)OCc1ccccc1. The van der Waals surface area contributed by atoms with Gasteiger partial charge in [-0.05, 0) is 33.1 Å². The average Bonchev–Trinajstić information content (AvgIpc) is 2.72. The summed E-state index contributed by atoms with van der Waals surface area (Å²) in [5, 5.41) is 14.1. The molecular weight excluding hydrogens is 444 g/mol. The van der Waals surface area contributed by atoms with Gasteiger partial charge in [0, 0.05) is 12.6 Å². The lowest BCUT2D eigenvalue weighted by Crippen LogP contribution is -2.55. The van der Waals surface area contributed by atoms with Crippen molar-refractivity contribution in [1.29, 1.82) is 0 Å². The van der Waals surface area contributed by atoms with Gasteiger partial charge in [0.15, 0.2) is 0 Å². The Morgan fingerprint density at radius 1 is 1.10 bits per heavy atom. The van der Waals surface area contributed by atoms with Crippen molar-refractivity contribution in [2.24, 2.45) is 5.73 Å². The van der Waals surface area contributed by atoms with Crippen molar-refractivity contribution in [3.63, 3.8) is 0 Å². The largest absolute Gasteiger partial charge is 0.445 e. The first-order chi connectivity index (χ1) is 13.9. The Bertz CT molecular complexity index is 850. The van der Waals surface area contributed by atoms with Crippen LogP contribution in [-0.2, 0) is 27.4 Å². The number of alkyl carbamates (subject to hydrolysis) is 1. The number of carbonyl (C=O) groups excluding carboxylic acids is 3. The zero-order valence-electron chi connectivity index (χ0n) is 15.4. The molecule has 154 valence electrons. The first kappa shape index (κ1) is 22.3. The molecule has 0 saturated carbocycles. The van der Waals surface area contributed by atoms with Crippen molar-refractivity contribution in [3.05, 3.63) is 64.4 Å². The van der Waals surface area contributed by atoms with Crippen LogP contribution in [0.1, 0.15) is 11.1 Å². The zero-order chi connectivity index (χ0) is 21.2. The van der Waals surface area contributed by atoms with E-state index in [1.54, 1.807) is 42.6 Å². The van der Waals surface area contributed by atoms with Gasteiger partial charge in [-0.1, -0.05) is 36.4 Å². The third kappa shape index (κ3) is 7.16. The van der Waals surface area contributed by atoms with E-state index in [2.05, 4.69) is 31.5 Å². The highest BCUT2D eigenvalue weighted by Crippen LogP contribution is 2.14. The van der Waals surface area contributed by atoms with Crippen LogP contribution in [0.3, 0.4) is 0 Å². The van der Waals surface area contributed by atoms with Gasteiger partial charge in [-0.2, -0.15) is 0 Å². The predicted molar refractivity (Wildman–Crippen MR) is 107 cm³/mol. The molecule has 0 unspecified atom stereocenters. The minimum atomic E-state index is -1.31. The smallest absolute Gasteiger partial charge is 0.408 e. The Labute approximate surface area is 175 Å². The number of amides is 3. The Balaban J connectivity index is 1.93. The maximum atomic E-state index is 12.4. The van der Waals surface area contributed by atoms with E-state index >= 15 is 0 Å². The molecule has 2 aromatic rings. The number of pyridine rings is 1. The van der Waals surface area contributed by atoms with E-state index < -0.39 is 36.6 Å². The van der Waals surface area contributed by atoms with Crippen LogP contribution >= 0.6 is 15.9 Å². The summed E-state index contributed by atoms with van der Waals surface area (Å²) in [6.07, 6.45) is 0.776. The second kappa shape index (κ2) is 11.1. The normalized spacial score (nSPS) is 12.5. The van der Waals surface area contributed by atoms with Crippen LogP contribution < -0.4 is 16.4 Å². The topological polar surface area (TPSA) is 144 Å². The van der Waals surface area contributed by atoms with Crippen LogP contribution in [0.5, 0.6) is 0 Å². The molecule has 0 spiro atoms. The molecular formula is C19H21BrN4O5. The van der Waals surface area contributed by atoms with E-state index in [0.29, 0.717) is 10.2 Å². The summed E-state index contributed by atoms with van der Waals surface area (Å²) >= 11 is 3.26. The maximum Gasteiger partial charge on any atom is 0.408 e. The van der Waals surface area contributed by atoms with Crippen molar-refractivity contribution in [3.8, 4) is 0 Å². The molecule has 0 radical (unpaired) electrons. The molecule has 9 nitrogen and oxygen atoms in total. The van der Waals surface area contributed by atoms with Gasteiger partial charge in [0.2, 0.25) is 11.8 Å². The van der Waals surface area contributed by atoms with Crippen molar-refractivity contribution in [1.82, 2.24) is 15.6 Å². The van der Waals surface area contributed by atoms with Gasteiger partial charge in [-0.3, -0.25) is 9.59 Å². The molecule has 2 rings (SSSR count). The number of halogens is 1. The minimum absolute atomic E-state index is 0.00534. The number of aromatic nitrogens is 1. The van der Waals surface area contributed by atoms with Gasteiger partial charge in [0.1, 0.15) is 23.3 Å². The molecule has 5 N–H and O–H groups in total. The summed E-state index contributed by atoms with van der Waals surface area (Å²) < 4.78 is 5.54. The molecule has 10 heteroatoms. The summed E-state index contributed by atoms with van der Waals surface area (Å²) in [5.74, 6) is -1.54. The van der Waals surface area contributed by atoms with Gasteiger partial charge in [-0.15, -0.1) is 0 Å². The van der Waals surface area contributed by atoms with Crippen LogP contribution in [0.2, 0.25) is 0 Å². The first-order valence-electron chi connectivity index (χ1n) is 8.68. The number of rotatable bonds is 9. The Morgan fingerprint density at radius 2 is 1.83 bits per heavy atom. The number of primary amides is 1. The van der Waals surface area contributed by atoms with Gasteiger partial charge in [0.25, 0.3) is 0 Å². The van der Waals surface area contributed by atoms with Crippen molar-refractivity contribution < 1.29 is 24.2 Å². The van der Waals surface area contributed by atoms with Crippen LogP contribution in [0, 0.1) is 0 Å². The number of carbonyl (C=O) groups is 3. The number of benzene rings is 1. The predicted octanol–water partition coefficient (Wildman–Crippen LogP) is 0.644. The van der Waals surface area contributed by atoms with Gasteiger partial charge >= 0.3 is 6.09 Å². The molecule has 29 heavy (non-hydrogen) atoms. The van der Waals surface area contributed by atoms with E-state index in [4.69, 9.17) is 10.5 Å². The summed E-state index contributed by atoms with van der Waals surface area (Å²) in [5.41, 5.74) is 6.80. The van der Waals surface area contributed by atoms with Crippen molar-refractivity contribution in [2.75, 3.05) is 6.61 Å². The molecule has 1 aromatic heterocycles. The maximum absolute atomic E-state index is 12.4. The number of aliphatic hydroxyl groups excluding tert-OH is 1. The molecule has 0 bridgehead atoms. The lowest BCUT2D eigenvalue weighted by molar-refractivity contribution is -0.129. The third-order valence-electron chi connectivity index (χ3n) is 3.92. The van der Waals surface area contributed by atoms with E-state index in [0.717, 1.165) is 5.56 Å². The molecule has 1 aromatic carbocycles. The number of ether oxygens (including phenoxy) is 1. The highest BCUT2D eigenvalue weighted by Gasteiger charge is 2.26. The summed E-state index contributed by atoms with van der Waals surface area (Å²) in [4.78, 5) is 40.1. The number of hydrogen-bond acceptors (Lipinski definition) is 6. The summed E-state index contributed by atoms with van der Waals surface area (Å²) in [6, 6.07) is 10.0. The quantitative estimate of drug-likeness (QED) is 0.401. The van der Waals surface area contributed by atoms with Crippen LogP contribution in [-0.4, -0.2) is 46.7 Å². The molecule has 1 heterocycles. The summed E-state index contributed by atoms with van der Waals surface area (Å²) in [6.45, 7) is -0.681. The standard InChI is InChI=1S/C19H21BrN4O5/c20-16-13(7-4-8-22-16)9-14(17(21)26)23-18(27)15(10-25)24-19(28)29-11-12-5-2-1-3-6-12/h1-8,14-15,25H,9-11H2,(H2,21,26)(H,23,27)(H,24,28)/t14-,15+/m1/s1. The fraction of sp³-hybridized carbons (Fsp3) is 0.263. The number of nitrogens with zero attached hydrogens (tertiary/aromatic N) is 1. The highest BCUT2D eigenvalue weighted by atomic mass is 79.9. The monoisotopic (exact) mass is 464 g/mol. The number of hydrogen-bond donors (Lipinski definition) is 4. The highest BCUT2D eigenvalue weighted by molar-refractivity contribution is 9.10. The fourth-order valence-corrected chi connectivity index (χ4v) is 2.80. The molecule has 0 fully saturated rings. The molecule has 0 aliphatic rings. The second-order valence-corrected chi connectivity index (χ2v) is 6.81. The Morgan fingerprint density at radius 3 is 2.45 bits per heavy atom. The van der Waals surface area contributed by atoms with Gasteiger partial charge < -0.3 is 26.2 Å². The van der Waals surface area contributed by atoms with Gasteiger partial charge in [0.05, 0.1) is 6.61 Å². The van der Waals surface area contributed by atoms with Crippen LogP contribution in [0.25, 0.3) is 0 Å². The van der Waals surface area contributed by atoms with E-state index in [9.17, 15) is 19.5 Å². The van der Waals surface area contributed by atoms with E-state index in [1.165, 1.54) is 0 Å². The third-order valence-corrected chi connectivity index (χ3v) is 4.64. The molecule has 0 aliphatic carbocycles. The fourth-order valence-electron chi connectivity index (χ4n) is 2.39.